The van der Waals surface area contributed by atoms with Gasteiger partial charge in [-0.05, 0) is 30.4 Å². The van der Waals surface area contributed by atoms with Crippen LogP contribution in [0, 0.1) is 17.6 Å². The van der Waals surface area contributed by atoms with Crippen LogP contribution < -0.4 is 0 Å². The zero-order valence-corrected chi connectivity index (χ0v) is 11.5. The Balaban J connectivity index is 1.91. The van der Waals surface area contributed by atoms with Crippen molar-refractivity contribution in [2.75, 3.05) is 13.1 Å². The van der Waals surface area contributed by atoms with Gasteiger partial charge in [0.15, 0.2) is 11.6 Å². The van der Waals surface area contributed by atoms with Crippen molar-refractivity contribution in [3.05, 3.63) is 35.4 Å². The Morgan fingerprint density at radius 1 is 1.45 bits per heavy atom. The molecular weight excluding hydrogens is 264 g/mol. The predicted molar refractivity (Wildman–Crippen MR) is 71.0 cm³/mol. The molecular formula is C15H19F2NO2. The summed E-state index contributed by atoms with van der Waals surface area (Å²) >= 11 is 0. The number of aryl methyl sites for hydroxylation is 1. The summed E-state index contributed by atoms with van der Waals surface area (Å²) in [6.07, 6.45) is 0.561. The zero-order chi connectivity index (χ0) is 14.7. The molecule has 5 heteroatoms. The molecule has 0 radical (unpaired) electrons. The van der Waals surface area contributed by atoms with Crippen LogP contribution in [0.2, 0.25) is 0 Å². The highest BCUT2D eigenvalue weighted by molar-refractivity contribution is 5.76. The van der Waals surface area contributed by atoms with Crippen LogP contribution in [0.1, 0.15) is 25.3 Å². The van der Waals surface area contributed by atoms with Crippen molar-refractivity contribution in [1.82, 2.24) is 4.90 Å². The van der Waals surface area contributed by atoms with Gasteiger partial charge in [-0.3, -0.25) is 4.79 Å². The monoisotopic (exact) mass is 283 g/mol. The Morgan fingerprint density at radius 2 is 2.20 bits per heavy atom. The van der Waals surface area contributed by atoms with Gasteiger partial charge in [0.25, 0.3) is 0 Å². The lowest BCUT2D eigenvalue weighted by Gasteiger charge is -2.34. The molecule has 1 aromatic carbocycles. The van der Waals surface area contributed by atoms with Crippen molar-refractivity contribution >= 4 is 5.91 Å². The van der Waals surface area contributed by atoms with Gasteiger partial charge in [0.1, 0.15) is 0 Å². The lowest BCUT2D eigenvalue weighted by molar-refractivity contribution is -0.135. The van der Waals surface area contributed by atoms with Gasteiger partial charge in [-0.25, -0.2) is 8.78 Å². The number of likely N-dealkylation sites (tertiary alicyclic amines) is 1. The van der Waals surface area contributed by atoms with E-state index in [1.165, 1.54) is 12.1 Å². The molecule has 1 aliphatic heterocycles. The normalized spacial score (nSPS) is 22.9. The van der Waals surface area contributed by atoms with Gasteiger partial charge in [0.05, 0.1) is 6.10 Å². The number of aliphatic hydroxyl groups excluding tert-OH is 1. The highest BCUT2D eigenvalue weighted by atomic mass is 19.2. The van der Waals surface area contributed by atoms with Crippen molar-refractivity contribution in [3.8, 4) is 0 Å². The minimum absolute atomic E-state index is 0.125. The Kier molecular flexibility index (Phi) is 4.70. The van der Waals surface area contributed by atoms with E-state index in [0.717, 1.165) is 12.5 Å². The topological polar surface area (TPSA) is 40.5 Å². The lowest BCUT2D eigenvalue weighted by Crippen LogP contribution is -2.45. The van der Waals surface area contributed by atoms with Crippen molar-refractivity contribution in [2.45, 2.75) is 32.3 Å². The average molecular weight is 283 g/mol. The number of nitrogens with zero attached hydrogens (tertiary/aromatic N) is 1. The number of halogens is 2. The van der Waals surface area contributed by atoms with E-state index in [-0.39, 0.29) is 30.2 Å². The van der Waals surface area contributed by atoms with Gasteiger partial charge < -0.3 is 10.0 Å². The van der Waals surface area contributed by atoms with Crippen LogP contribution in [-0.2, 0) is 11.2 Å². The maximum absolute atomic E-state index is 13.5. The van der Waals surface area contributed by atoms with Crippen LogP contribution in [0.15, 0.2) is 18.2 Å². The van der Waals surface area contributed by atoms with E-state index in [1.54, 1.807) is 4.90 Å². The second-order valence-electron chi connectivity index (χ2n) is 5.39. The van der Waals surface area contributed by atoms with Gasteiger partial charge in [-0.1, -0.05) is 19.1 Å². The SMILES string of the molecule is CC1CCN(C(=O)CCc2cccc(F)c2F)CC1O. The van der Waals surface area contributed by atoms with E-state index >= 15 is 0 Å². The molecule has 20 heavy (non-hydrogen) atoms. The van der Waals surface area contributed by atoms with E-state index in [9.17, 15) is 18.7 Å². The number of benzene rings is 1. The van der Waals surface area contributed by atoms with Gasteiger partial charge in [-0.15, -0.1) is 0 Å². The number of hydrogen-bond acceptors (Lipinski definition) is 2. The molecule has 1 heterocycles. The van der Waals surface area contributed by atoms with Crippen LogP contribution in [-0.4, -0.2) is 35.1 Å². The fourth-order valence-electron chi connectivity index (χ4n) is 2.42. The summed E-state index contributed by atoms with van der Waals surface area (Å²) in [6, 6.07) is 3.98. The molecule has 1 saturated heterocycles. The Hall–Kier alpha value is -1.49. The minimum atomic E-state index is -0.892. The molecule has 0 aliphatic carbocycles. The summed E-state index contributed by atoms with van der Waals surface area (Å²) < 4.78 is 26.5. The molecule has 0 aromatic heterocycles. The van der Waals surface area contributed by atoms with Crippen molar-refractivity contribution in [2.24, 2.45) is 5.92 Å². The first kappa shape index (κ1) is 14.9. The second kappa shape index (κ2) is 6.31. The van der Waals surface area contributed by atoms with Crippen LogP contribution in [0.4, 0.5) is 8.78 Å². The molecule has 1 fully saturated rings. The molecule has 0 bridgehead atoms. The molecule has 1 aliphatic rings. The molecule has 0 saturated carbocycles. The Morgan fingerprint density at radius 3 is 2.90 bits per heavy atom. The third kappa shape index (κ3) is 3.33. The summed E-state index contributed by atoms with van der Waals surface area (Å²) in [5, 5.41) is 9.76. The quantitative estimate of drug-likeness (QED) is 0.923. The molecule has 3 nitrogen and oxygen atoms in total. The number of aliphatic hydroxyl groups is 1. The number of hydrogen-bond donors (Lipinski definition) is 1. The summed E-state index contributed by atoms with van der Waals surface area (Å²) in [5.41, 5.74) is 0.212. The number of piperidine rings is 1. The lowest BCUT2D eigenvalue weighted by atomic mass is 9.95. The minimum Gasteiger partial charge on any atom is -0.391 e. The molecule has 1 aromatic rings. The second-order valence-corrected chi connectivity index (χ2v) is 5.39. The average Bonchev–Trinajstić information content (AvgIpc) is 2.43. The number of rotatable bonds is 3. The Labute approximate surface area is 117 Å². The third-order valence-electron chi connectivity index (χ3n) is 3.91. The van der Waals surface area contributed by atoms with E-state index < -0.39 is 17.7 Å². The molecule has 2 rings (SSSR count). The highest BCUT2D eigenvalue weighted by Gasteiger charge is 2.27. The van der Waals surface area contributed by atoms with Crippen molar-refractivity contribution in [3.63, 3.8) is 0 Å². The first-order valence-electron chi connectivity index (χ1n) is 6.87. The molecule has 0 spiro atoms. The first-order valence-corrected chi connectivity index (χ1v) is 6.87. The smallest absolute Gasteiger partial charge is 0.222 e. The molecule has 2 unspecified atom stereocenters. The van der Waals surface area contributed by atoms with Gasteiger partial charge in [-0.2, -0.15) is 0 Å². The molecule has 1 N–H and O–H groups in total. The highest BCUT2D eigenvalue weighted by Crippen LogP contribution is 2.19. The number of carbonyl (C=O) groups excluding carboxylic acids is 1. The zero-order valence-electron chi connectivity index (χ0n) is 11.5. The van der Waals surface area contributed by atoms with Crippen molar-refractivity contribution < 1.29 is 18.7 Å². The third-order valence-corrected chi connectivity index (χ3v) is 3.91. The standard InChI is InChI=1S/C15H19F2NO2/c1-10-7-8-18(9-13(10)19)14(20)6-5-11-3-2-4-12(16)15(11)17/h2-4,10,13,19H,5-9H2,1H3. The maximum Gasteiger partial charge on any atom is 0.222 e. The Bertz CT molecular complexity index is 493. The van der Waals surface area contributed by atoms with E-state index in [4.69, 9.17) is 0 Å². The van der Waals surface area contributed by atoms with Crippen LogP contribution in [0.3, 0.4) is 0 Å². The van der Waals surface area contributed by atoms with Crippen LogP contribution in [0.5, 0.6) is 0 Å². The van der Waals surface area contributed by atoms with Gasteiger partial charge in [0, 0.05) is 19.5 Å². The predicted octanol–water partition coefficient (Wildman–Crippen LogP) is 2.13. The van der Waals surface area contributed by atoms with Gasteiger partial charge in [0.2, 0.25) is 5.91 Å². The van der Waals surface area contributed by atoms with Crippen LogP contribution in [0.25, 0.3) is 0 Å². The van der Waals surface area contributed by atoms with E-state index in [0.29, 0.717) is 13.1 Å². The van der Waals surface area contributed by atoms with Crippen molar-refractivity contribution in [1.29, 1.82) is 0 Å². The maximum atomic E-state index is 13.5. The summed E-state index contributed by atoms with van der Waals surface area (Å²) in [4.78, 5) is 13.6. The summed E-state index contributed by atoms with van der Waals surface area (Å²) in [5.74, 6) is -1.70. The fraction of sp³-hybridized carbons (Fsp3) is 0.533. The fourth-order valence-corrected chi connectivity index (χ4v) is 2.42. The summed E-state index contributed by atoms with van der Waals surface area (Å²) in [7, 11) is 0. The van der Waals surface area contributed by atoms with Crippen LogP contribution >= 0.6 is 0 Å². The number of β-amino-alcohol motifs (C(OH)–C–C–N with tert-alkyl or cyclic N) is 1. The number of amides is 1. The van der Waals surface area contributed by atoms with E-state index in [2.05, 4.69) is 0 Å². The summed E-state index contributed by atoms with van der Waals surface area (Å²) in [6.45, 7) is 2.89. The van der Waals surface area contributed by atoms with Gasteiger partial charge >= 0.3 is 0 Å². The largest absolute Gasteiger partial charge is 0.391 e. The first-order chi connectivity index (χ1) is 9.49. The van der Waals surface area contributed by atoms with E-state index in [1.807, 2.05) is 6.92 Å². The number of carbonyl (C=O) groups is 1. The molecule has 110 valence electrons. The molecule has 1 amide bonds. The molecule has 2 atom stereocenters.